The summed E-state index contributed by atoms with van der Waals surface area (Å²) in [7, 11) is 1.62. The van der Waals surface area contributed by atoms with Gasteiger partial charge in [0.15, 0.2) is 5.82 Å². The summed E-state index contributed by atoms with van der Waals surface area (Å²) < 4.78 is 7.24. The summed E-state index contributed by atoms with van der Waals surface area (Å²) in [6.45, 7) is 6.39. The van der Waals surface area contributed by atoms with Gasteiger partial charge < -0.3 is 10.5 Å². The summed E-state index contributed by atoms with van der Waals surface area (Å²) >= 11 is 0. The first-order chi connectivity index (χ1) is 9.57. The van der Waals surface area contributed by atoms with Gasteiger partial charge in [0.25, 0.3) is 0 Å². The zero-order chi connectivity index (χ0) is 14.8. The lowest BCUT2D eigenvalue weighted by atomic mass is 9.95. The molecule has 2 aromatic rings. The van der Waals surface area contributed by atoms with E-state index in [9.17, 15) is 0 Å². The van der Waals surface area contributed by atoms with Crippen molar-refractivity contribution in [3.05, 3.63) is 18.2 Å². The second kappa shape index (κ2) is 5.48. The Balaban J connectivity index is 2.65. The molecule has 0 aliphatic rings. The van der Waals surface area contributed by atoms with Gasteiger partial charge in [-0.15, -0.1) is 5.10 Å². The van der Waals surface area contributed by atoms with Crippen molar-refractivity contribution in [2.45, 2.75) is 39.2 Å². The van der Waals surface area contributed by atoms with Crippen molar-refractivity contribution in [3.63, 3.8) is 0 Å². The number of anilines is 1. The van der Waals surface area contributed by atoms with Crippen LogP contribution in [-0.4, -0.2) is 27.3 Å². The molecule has 0 bridgehead atoms. The van der Waals surface area contributed by atoms with E-state index < -0.39 is 0 Å². The van der Waals surface area contributed by atoms with E-state index in [-0.39, 0.29) is 5.54 Å². The molecule has 20 heavy (non-hydrogen) atoms. The fourth-order valence-electron chi connectivity index (χ4n) is 2.21. The Hall–Kier alpha value is -2.11. The van der Waals surface area contributed by atoms with Gasteiger partial charge in [0, 0.05) is 5.69 Å². The van der Waals surface area contributed by atoms with Crippen LogP contribution in [0.3, 0.4) is 0 Å². The average Bonchev–Trinajstić information content (AvgIpc) is 2.95. The van der Waals surface area contributed by atoms with Crippen LogP contribution in [0, 0.1) is 0 Å². The van der Waals surface area contributed by atoms with Crippen LogP contribution in [0.1, 0.15) is 33.6 Å². The number of methoxy groups -OCH3 is 1. The van der Waals surface area contributed by atoms with E-state index in [1.807, 2.05) is 22.9 Å². The molecule has 0 spiro atoms. The van der Waals surface area contributed by atoms with Crippen molar-refractivity contribution < 1.29 is 4.74 Å². The number of tetrazole rings is 1. The Morgan fingerprint density at radius 1 is 1.30 bits per heavy atom. The molecule has 2 N–H and O–H groups in total. The number of ether oxygens (including phenoxy) is 1. The van der Waals surface area contributed by atoms with Crippen molar-refractivity contribution >= 4 is 5.69 Å². The Bertz CT molecular complexity index is 589. The van der Waals surface area contributed by atoms with E-state index in [2.05, 4.69) is 36.3 Å². The summed E-state index contributed by atoms with van der Waals surface area (Å²) in [5.74, 6) is 1.32. The zero-order valence-electron chi connectivity index (χ0n) is 12.4. The highest BCUT2D eigenvalue weighted by atomic mass is 16.5. The molecule has 6 nitrogen and oxygen atoms in total. The van der Waals surface area contributed by atoms with Crippen LogP contribution < -0.4 is 10.5 Å². The van der Waals surface area contributed by atoms with Crippen LogP contribution >= 0.6 is 0 Å². The molecule has 0 atom stereocenters. The van der Waals surface area contributed by atoms with Crippen LogP contribution in [0.2, 0.25) is 0 Å². The van der Waals surface area contributed by atoms with E-state index in [4.69, 9.17) is 10.5 Å². The first-order valence-corrected chi connectivity index (χ1v) is 6.79. The molecule has 0 radical (unpaired) electrons. The number of benzene rings is 1. The maximum Gasteiger partial charge on any atom is 0.188 e. The molecule has 0 aliphatic carbocycles. The maximum absolute atomic E-state index is 6.09. The second-order valence-electron chi connectivity index (χ2n) is 5.04. The minimum atomic E-state index is -0.147. The molecular formula is C14H21N5O. The Morgan fingerprint density at radius 2 is 2.00 bits per heavy atom. The maximum atomic E-state index is 6.09. The quantitative estimate of drug-likeness (QED) is 0.848. The minimum absolute atomic E-state index is 0.147. The molecule has 2 rings (SSSR count). The van der Waals surface area contributed by atoms with Gasteiger partial charge in [-0.1, -0.05) is 19.9 Å². The normalized spacial score (nSPS) is 11.6. The summed E-state index contributed by atoms with van der Waals surface area (Å²) in [6, 6.07) is 5.54. The number of hydrogen-bond donors (Lipinski definition) is 1. The molecule has 0 amide bonds. The van der Waals surface area contributed by atoms with Crippen LogP contribution in [0.25, 0.3) is 11.4 Å². The smallest absolute Gasteiger partial charge is 0.188 e. The van der Waals surface area contributed by atoms with Gasteiger partial charge in [0.1, 0.15) is 5.75 Å². The Labute approximate surface area is 118 Å². The third-order valence-corrected chi connectivity index (χ3v) is 4.01. The van der Waals surface area contributed by atoms with E-state index in [1.54, 1.807) is 7.11 Å². The highest BCUT2D eigenvalue weighted by Gasteiger charge is 2.29. The number of hydrogen-bond acceptors (Lipinski definition) is 5. The van der Waals surface area contributed by atoms with E-state index in [0.29, 0.717) is 17.3 Å². The van der Waals surface area contributed by atoms with Gasteiger partial charge in [-0.05, 0) is 42.3 Å². The molecule has 0 saturated carbocycles. The highest BCUT2D eigenvalue weighted by molar-refractivity contribution is 5.77. The van der Waals surface area contributed by atoms with Crippen LogP contribution in [0.5, 0.6) is 5.75 Å². The third-order valence-electron chi connectivity index (χ3n) is 4.01. The van der Waals surface area contributed by atoms with E-state index in [1.165, 1.54) is 0 Å². The molecule has 1 aromatic heterocycles. The fraction of sp³-hybridized carbons (Fsp3) is 0.500. The standard InChI is InChI=1S/C14H21N5O/c1-5-14(3,6-2)19-13(16-17-18-19)12-10(15)8-7-9-11(12)20-4/h7-9H,5-6,15H2,1-4H3. The van der Waals surface area contributed by atoms with Crippen molar-refractivity contribution in [1.29, 1.82) is 0 Å². The first-order valence-electron chi connectivity index (χ1n) is 6.79. The Morgan fingerprint density at radius 3 is 2.60 bits per heavy atom. The number of rotatable bonds is 5. The second-order valence-corrected chi connectivity index (χ2v) is 5.04. The number of nitrogens with zero attached hydrogens (tertiary/aromatic N) is 4. The summed E-state index contributed by atoms with van der Waals surface area (Å²) in [4.78, 5) is 0. The van der Waals surface area contributed by atoms with Crippen molar-refractivity contribution in [3.8, 4) is 17.1 Å². The third kappa shape index (κ3) is 2.21. The number of nitrogens with two attached hydrogens (primary N) is 1. The van der Waals surface area contributed by atoms with E-state index in [0.717, 1.165) is 18.4 Å². The van der Waals surface area contributed by atoms with Crippen LogP contribution in [0.15, 0.2) is 18.2 Å². The SMILES string of the molecule is CCC(C)(CC)n1nnnc1-c1c(N)cccc1OC. The monoisotopic (exact) mass is 275 g/mol. The van der Waals surface area contributed by atoms with Crippen LogP contribution in [-0.2, 0) is 5.54 Å². The van der Waals surface area contributed by atoms with Crippen molar-refractivity contribution in [2.75, 3.05) is 12.8 Å². The number of aromatic nitrogens is 4. The fourth-order valence-corrected chi connectivity index (χ4v) is 2.21. The predicted octanol–water partition coefficient (Wildman–Crippen LogP) is 2.47. The van der Waals surface area contributed by atoms with Gasteiger partial charge >= 0.3 is 0 Å². The Kier molecular flexibility index (Phi) is 3.92. The molecule has 108 valence electrons. The van der Waals surface area contributed by atoms with Crippen LogP contribution in [0.4, 0.5) is 5.69 Å². The molecule has 0 saturated heterocycles. The van der Waals surface area contributed by atoms with Gasteiger partial charge in [0.05, 0.1) is 18.2 Å². The van der Waals surface area contributed by atoms with Crippen molar-refractivity contribution in [1.82, 2.24) is 20.2 Å². The lowest BCUT2D eigenvalue weighted by Crippen LogP contribution is -2.30. The molecule has 0 fully saturated rings. The average molecular weight is 275 g/mol. The van der Waals surface area contributed by atoms with E-state index >= 15 is 0 Å². The minimum Gasteiger partial charge on any atom is -0.496 e. The van der Waals surface area contributed by atoms with Gasteiger partial charge in [0.2, 0.25) is 0 Å². The zero-order valence-corrected chi connectivity index (χ0v) is 12.4. The largest absolute Gasteiger partial charge is 0.496 e. The topological polar surface area (TPSA) is 78.9 Å². The first kappa shape index (κ1) is 14.3. The van der Waals surface area contributed by atoms with Gasteiger partial charge in [-0.3, -0.25) is 0 Å². The lowest BCUT2D eigenvalue weighted by molar-refractivity contribution is 0.262. The summed E-state index contributed by atoms with van der Waals surface area (Å²) in [6.07, 6.45) is 1.85. The molecule has 6 heteroatoms. The summed E-state index contributed by atoms with van der Waals surface area (Å²) in [5.41, 5.74) is 7.30. The lowest BCUT2D eigenvalue weighted by Gasteiger charge is -2.28. The predicted molar refractivity (Wildman–Crippen MR) is 78.4 cm³/mol. The molecule has 1 aromatic carbocycles. The summed E-state index contributed by atoms with van der Waals surface area (Å²) in [5, 5.41) is 12.2. The van der Waals surface area contributed by atoms with Gasteiger partial charge in [-0.2, -0.15) is 0 Å². The molecule has 0 aliphatic heterocycles. The molecular weight excluding hydrogens is 254 g/mol. The molecule has 1 heterocycles. The van der Waals surface area contributed by atoms with Crippen molar-refractivity contribution in [2.24, 2.45) is 0 Å². The number of nitrogen functional groups attached to an aromatic ring is 1. The van der Waals surface area contributed by atoms with Gasteiger partial charge in [-0.25, -0.2) is 4.68 Å². The molecule has 0 unspecified atom stereocenters. The highest BCUT2D eigenvalue weighted by Crippen LogP contribution is 2.36.